The molecule has 2 aromatic heterocycles. The van der Waals surface area contributed by atoms with Gasteiger partial charge >= 0.3 is 0 Å². The Hall–Kier alpha value is -1.03. The van der Waals surface area contributed by atoms with Crippen LogP contribution in [0.3, 0.4) is 0 Å². The van der Waals surface area contributed by atoms with Crippen molar-refractivity contribution in [3.63, 3.8) is 0 Å². The highest BCUT2D eigenvalue weighted by molar-refractivity contribution is 7.27. The quantitative estimate of drug-likeness (QED) is 0.529. The molecule has 0 aliphatic heterocycles. The zero-order valence-electron chi connectivity index (χ0n) is 11.3. The van der Waals surface area contributed by atoms with Gasteiger partial charge in [-0.25, -0.2) is 0 Å². The highest BCUT2D eigenvalue weighted by Gasteiger charge is 2.14. The summed E-state index contributed by atoms with van der Waals surface area (Å²) in [7, 11) is 0. The van der Waals surface area contributed by atoms with E-state index in [9.17, 15) is 0 Å². The van der Waals surface area contributed by atoms with E-state index in [4.69, 9.17) is 16.3 Å². The summed E-state index contributed by atoms with van der Waals surface area (Å²) in [5.74, 6) is 0.889. The third kappa shape index (κ3) is 2.85. The van der Waals surface area contributed by atoms with Crippen molar-refractivity contribution in [2.45, 2.75) is 25.3 Å². The zero-order chi connectivity index (χ0) is 14.1. The van der Waals surface area contributed by atoms with Crippen molar-refractivity contribution >= 4 is 43.7 Å². The van der Waals surface area contributed by atoms with Gasteiger partial charge in [0.25, 0.3) is 0 Å². The van der Waals surface area contributed by atoms with Crippen LogP contribution in [0.5, 0.6) is 5.75 Å². The number of halogens is 1. The second kappa shape index (κ2) is 5.76. The molecule has 0 radical (unpaired) electrons. The molecule has 1 aromatic carbocycles. The minimum atomic E-state index is -0.0901. The van der Waals surface area contributed by atoms with Gasteiger partial charge in [-0.05, 0) is 49.1 Å². The monoisotopic (exact) mass is 322 g/mol. The lowest BCUT2D eigenvalue weighted by Crippen LogP contribution is -2.05. The summed E-state index contributed by atoms with van der Waals surface area (Å²) < 4.78 is 8.28. The van der Waals surface area contributed by atoms with Crippen LogP contribution in [0.15, 0.2) is 41.8 Å². The van der Waals surface area contributed by atoms with Gasteiger partial charge in [0.1, 0.15) is 5.75 Å². The summed E-state index contributed by atoms with van der Waals surface area (Å²) in [5, 5.41) is 2.03. The molecule has 1 atom stereocenters. The molecular weight excluding hydrogens is 308 g/mol. The van der Waals surface area contributed by atoms with Gasteiger partial charge in [0.05, 0.1) is 11.5 Å². The molecule has 0 saturated heterocycles. The largest absolute Gasteiger partial charge is 0.491 e. The Morgan fingerprint density at radius 3 is 2.45 bits per heavy atom. The molecule has 3 rings (SSSR count). The molecule has 0 amide bonds. The van der Waals surface area contributed by atoms with E-state index >= 15 is 0 Å². The number of thiophene rings is 2. The van der Waals surface area contributed by atoms with Crippen molar-refractivity contribution in [3.8, 4) is 5.75 Å². The maximum absolute atomic E-state index is 6.59. The van der Waals surface area contributed by atoms with Gasteiger partial charge in [-0.1, -0.05) is 12.1 Å². The van der Waals surface area contributed by atoms with Crippen LogP contribution < -0.4 is 4.74 Å². The number of ether oxygens (including phenoxy) is 1. The Morgan fingerprint density at radius 1 is 1.05 bits per heavy atom. The lowest BCUT2D eigenvalue weighted by atomic mass is 10.1. The average molecular weight is 323 g/mol. The first-order valence-corrected chi connectivity index (χ1v) is 8.64. The first-order chi connectivity index (χ1) is 9.63. The standard InChI is InChI=1S/C16H15ClOS2/c1-10(2)18-12-5-3-11(4-6-12)16(17)15-9-14-13(20-15)7-8-19-14/h3-10,16H,1-2H3. The molecule has 0 aliphatic carbocycles. The van der Waals surface area contributed by atoms with Gasteiger partial charge in [0, 0.05) is 14.3 Å². The molecule has 1 unspecified atom stereocenters. The van der Waals surface area contributed by atoms with E-state index in [1.54, 1.807) is 22.7 Å². The van der Waals surface area contributed by atoms with E-state index in [1.165, 1.54) is 14.3 Å². The SMILES string of the molecule is CC(C)Oc1ccc(C(Cl)c2cc3sccc3s2)cc1. The number of fused-ring (bicyclic) bond motifs is 1. The Morgan fingerprint density at radius 2 is 1.80 bits per heavy atom. The molecule has 0 N–H and O–H groups in total. The van der Waals surface area contributed by atoms with Gasteiger partial charge < -0.3 is 4.74 Å². The number of rotatable bonds is 4. The molecule has 0 saturated carbocycles. The third-order valence-corrected chi connectivity index (χ3v) is 5.73. The van der Waals surface area contributed by atoms with Crippen molar-refractivity contribution in [2.24, 2.45) is 0 Å². The Balaban J connectivity index is 1.82. The highest BCUT2D eigenvalue weighted by atomic mass is 35.5. The summed E-state index contributed by atoms with van der Waals surface area (Å²) in [6.07, 6.45) is 0.191. The third-order valence-electron chi connectivity index (χ3n) is 2.95. The summed E-state index contributed by atoms with van der Waals surface area (Å²) in [6, 6.07) is 12.4. The lowest BCUT2D eigenvalue weighted by Gasteiger charge is -2.12. The Labute approximate surface area is 131 Å². The van der Waals surface area contributed by atoms with Gasteiger partial charge in [0.15, 0.2) is 0 Å². The van der Waals surface area contributed by atoms with Crippen molar-refractivity contribution in [1.29, 1.82) is 0 Å². The second-order valence-corrected chi connectivity index (χ2v) is 7.40. The normalized spacial score (nSPS) is 13.0. The van der Waals surface area contributed by atoms with E-state index in [0.29, 0.717) is 0 Å². The highest BCUT2D eigenvalue weighted by Crippen LogP contribution is 2.39. The first kappa shape index (κ1) is 13.9. The summed E-state index contributed by atoms with van der Waals surface area (Å²) in [4.78, 5) is 1.20. The van der Waals surface area contributed by atoms with Gasteiger partial charge in [-0.2, -0.15) is 0 Å². The molecule has 0 fully saturated rings. The minimum absolute atomic E-state index is 0.0901. The molecule has 0 spiro atoms. The maximum atomic E-state index is 6.59. The van der Waals surface area contributed by atoms with E-state index < -0.39 is 0 Å². The van der Waals surface area contributed by atoms with Crippen molar-refractivity contribution in [3.05, 3.63) is 52.2 Å². The molecule has 4 heteroatoms. The Bertz CT molecular complexity index is 668. The second-order valence-electron chi connectivity index (χ2n) is 4.90. The lowest BCUT2D eigenvalue weighted by molar-refractivity contribution is 0.242. The first-order valence-electron chi connectivity index (χ1n) is 6.51. The van der Waals surface area contributed by atoms with Crippen LogP contribution in [-0.4, -0.2) is 6.10 Å². The predicted molar refractivity (Wildman–Crippen MR) is 89.6 cm³/mol. The number of benzene rings is 1. The van der Waals surface area contributed by atoms with E-state index in [1.807, 2.05) is 38.1 Å². The van der Waals surface area contributed by atoms with Crippen LogP contribution >= 0.6 is 34.3 Å². The van der Waals surface area contributed by atoms with E-state index in [-0.39, 0.29) is 11.5 Å². The topological polar surface area (TPSA) is 9.23 Å². The fourth-order valence-corrected chi connectivity index (χ4v) is 4.53. The molecule has 20 heavy (non-hydrogen) atoms. The number of hydrogen-bond acceptors (Lipinski definition) is 3. The van der Waals surface area contributed by atoms with Crippen LogP contribution in [0.1, 0.15) is 29.7 Å². The number of alkyl halides is 1. The maximum Gasteiger partial charge on any atom is 0.119 e. The van der Waals surface area contributed by atoms with Crippen molar-refractivity contribution in [2.75, 3.05) is 0 Å². The molecule has 0 bridgehead atoms. The molecular formula is C16H15ClOS2. The van der Waals surface area contributed by atoms with Crippen LogP contribution in [0.2, 0.25) is 0 Å². The fourth-order valence-electron chi connectivity index (χ4n) is 2.06. The van der Waals surface area contributed by atoms with E-state index in [2.05, 4.69) is 17.5 Å². The predicted octanol–water partition coefficient (Wildman–Crippen LogP) is 6.08. The molecule has 1 nitrogen and oxygen atoms in total. The molecule has 104 valence electrons. The average Bonchev–Trinajstić information content (AvgIpc) is 2.98. The van der Waals surface area contributed by atoms with Crippen LogP contribution in [-0.2, 0) is 0 Å². The summed E-state index contributed by atoms with van der Waals surface area (Å²) >= 11 is 10.1. The summed E-state index contributed by atoms with van der Waals surface area (Å²) in [6.45, 7) is 4.05. The smallest absolute Gasteiger partial charge is 0.119 e. The van der Waals surface area contributed by atoms with Crippen molar-refractivity contribution < 1.29 is 4.74 Å². The molecule has 0 aliphatic rings. The van der Waals surface area contributed by atoms with Gasteiger partial charge in [-0.3, -0.25) is 0 Å². The minimum Gasteiger partial charge on any atom is -0.491 e. The molecule has 3 aromatic rings. The van der Waals surface area contributed by atoms with Crippen molar-refractivity contribution in [1.82, 2.24) is 0 Å². The van der Waals surface area contributed by atoms with Crippen LogP contribution in [0, 0.1) is 0 Å². The van der Waals surface area contributed by atoms with Gasteiger partial charge in [-0.15, -0.1) is 34.3 Å². The fraction of sp³-hybridized carbons (Fsp3) is 0.250. The van der Waals surface area contributed by atoms with E-state index in [0.717, 1.165) is 11.3 Å². The van der Waals surface area contributed by atoms with Gasteiger partial charge in [0.2, 0.25) is 0 Å². The van der Waals surface area contributed by atoms with Crippen LogP contribution in [0.25, 0.3) is 9.40 Å². The van der Waals surface area contributed by atoms with Crippen LogP contribution in [0.4, 0.5) is 0 Å². The number of hydrogen-bond donors (Lipinski definition) is 0. The Kier molecular flexibility index (Phi) is 4.01. The summed E-state index contributed by atoms with van der Waals surface area (Å²) in [5.41, 5.74) is 1.11. The molecule has 2 heterocycles. The zero-order valence-corrected chi connectivity index (χ0v) is 13.7.